The molecule has 0 aliphatic carbocycles. The predicted molar refractivity (Wildman–Crippen MR) is 75.7 cm³/mol. The number of benzene rings is 1. The van der Waals surface area contributed by atoms with Crippen molar-refractivity contribution in [3.63, 3.8) is 0 Å². The average Bonchev–Trinajstić information content (AvgIpc) is 2.42. The van der Waals surface area contributed by atoms with Crippen LogP contribution >= 0.6 is 0 Å². The lowest BCUT2D eigenvalue weighted by Crippen LogP contribution is -2.23. The number of hydrogen-bond acceptors (Lipinski definition) is 2. The minimum atomic E-state index is 0.522. The molecule has 0 saturated carbocycles. The number of nitrogens with one attached hydrogen (secondary N) is 1. The van der Waals surface area contributed by atoms with Gasteiger partial charge in [0.2, 0.25) is 0 Å². The Morgan fingerprint density at radius 3 is 2.39 bits per heavy atom. The van der Waals surface area contributed by atoms with E-state index in [1.165, 1.54) is 16.7 Å². The van der Waals surface area contributed by atoms with E-state index in [-0.39, 0.29) is 0 Å². The van der Waals surface area contributed by atoms with Crippen LogP contribution in [0.4, 0.5) is 0 Å². The molecule has 2 nitrogen and oxygen atoms in total. The third-order valence-corrected chi connectivity index (χ3v) is 3.19. The molecule has 1 aromatic carbocycles. The van der Waals surface area contributed by atoms with Gasteiger partial charge in [0.1, 0.15) is 0 Å². The summed E-state index contributed by atoms with van der Waals surface area (Å²) in [6.45, 7) is 2.20. The molecular formula is C16H20N2. The number of aromatic nitrogens is 1. The molecule has 0 aliphatic heterocycles. The maximum Gasteiger partial charge on any atom is 0.0303 e. The van der Waals surface area contributed by atoms with E-state index < -0.39 is 0 Å². The Bertz CT molecular complexity index is 462. The zero-order valence-electron chi connectivity index (χ0n) is 11.1. The van der Waals surface area contributed by atoms with E-state index in [1.54, 1.807) is 0 Å². The Morgan fingerprint density at radius 2 is 1.78 bits per heavy atom. The first-order valence-electron chi connectivity index (χ1n) is 6.42. The van der Waals surface area contributed by atoms with Gasteiger partial charge in [0, 0.05) is 18.4 Å². The zero-order chi connectivity index (χ0) is 12.8. The molecule has 1 heterocycles. The van der Waals surface area contributed by atoms with Crippen LogP contribution in [-0.4, -0.2) is 18.1 Å². The Labute approximate surface area is 109 Å². The molecule has 0 aliphatic rings. The van der Waals surface area contributed by atoms with Crippen molar-refractivity contribution in [2.24, 2.45) is 0 Å². The summed E-state index contributed by atoms with van der Waals surface area (Å²) in [5.41, 5.74) is 3.98. The maximum atomic E-state index is 4.14. The quantitative estimate of drug-likeness (QED) is 0.869. The Hall–Kier alpha value is -1.67. The van der Waals surface area contributed by atoms with Gasteiger partial charge in [-0.3, -0.25) is 4.98 Å². The number of hydrogen-bond donors (Lipinski definition) is 1. The number of rotatable bonds is 5. The van der Waals surface area contributed by atoms with Crippen molar-refractivity contribution in [2.75, 3.05) is 7.05 Å². The standard InChI is InChI=1S/C16H20N2/c1-13(17-2)10-14-5-7-15(8-6-14)11-16-4-3-9-18-12-16/h3-9,12-13,17H,10-11H2,1-2H3. The van der Waals surface area contributed by atoms with Gasteiger partial charge in [-0.15, -0.1) is 0 Å². The third kappa shape index (κ3) is 3.67. The van der Waals surface area contributed by atoms with Crippen molar-refractivity contribution >= 4 is 0 Å². The minimum Gasteiger partial charge on any atom is -0.317 e. The van der Waals surface area contributed by atoms with Gasteiger partial charge < -0.3 is 5.32 Å². The first kappa shape index (κ1) is 12.8. The first-order chi connectivity index (χ1) is 8.78. The van der Waals surface area contributed by atoms with Crippen molar-refractivity contribution in [3.8, 4) is 0 Å². The molecule has 0 amide bonds. The van der Waals surface area contributed by atoms with E-state index in [9.17, 15) is 0 Å². The fourth-order valence-electron chi connectivity index (χ4n) is 1.99. The molecule has 18 heavy (non-hydrogen) atoms. The van der Waals surface area contributed by atoms with Crippen molar-refractivity contribution in [1.82, 2.24) is 10.3 Å². The van der Waals surface area contributed by atoms with Crippen LogP contribution in [0.2, 0.25) is 0 Å². The summed E-state index contributed by atoms with van der Waals surface area (Å²) < 4.78 is 0. The highest BCUT2D eigenvalue weighted by Gasteiger charge is 2.01. The van der Waals surface area contributed by atoms with Gasteiger partial charge >= 0.3 is 0 Å². The second-order valence-corrected chi connectivity index (χ2v) is 4.75. The Balaban J connectivity index is 2.00. The van der Waals surface area contributed by atoms with Gasteiger partial charge in [0.15, 0.2) is 0 Å². The molecular weight excluding hydrogens is 220 g/mol. The van der Waals surface area contributed by atoms with Crippen LogP contribution in [0.3, 0.4) is 0 Å². The number of pyridine rings is 1. The lowest BCUT2D eigenvalue weighted by molar-refractivity contribution is 0.608. The molecule has 2 heteroatoms. The summed E-state index contributed by atoms with van der Waals surface area (Å²) in [6.07, 6.45) is 5.77. The van der Waals surface area contributed by atoms with Crippen LogP contribution in [0.25, 0.3) is 0 Å². The van der Waals surface area contributed by atoms with Gasteiger partial charge in [-0.2, -0.15) is 0 Å². The van der Waals surface area contributed by atoms with E-state index >= 15 is 0 Å². The molecule has 0 radical (unpaired) electrons. The summed E-state index contributed by atoms with van der Waals surface area (Å²) in [6, 6.07) is 13.5. The SMILES string of the molecule is CNC(C)Cc1ccc(Cc2cccnc2)cc1. The molecule has 1 atom stereocenters. The largest absolute Gasteiger partial charge is 0.317 e. The van der Waals surface area contributed by atoms with Gasteiger partial charge in [-0.25, -0.2) is 0 Å². The van der Waals surface area contributed by atoms with Crippen LogP contribution in [0.1, 0.15) is 23.6 Å². The monoisotopic (exact) mass is 240 g/mol. The lowest BCUT2D eigenvalue weighted by atomic mass is 10.0. The summed E-state index contributed by atoms with van der Waals surface area (Å²) in [7, 11) is 2.00. The predicted octanol–water partition coefficient (Wildman–Crippen LogP) is 2.82. The molecule has 0 fully saturated rings. The molecule has 1 unspecified atom stereocenters. The third-order valence-electron chi connectivity index (χ3n) is 3.19. The first-order valence-corrected chi connectivity index (χ1v) is 6.42. The van der Waals surface area contributed by atoms with Crippen LogP contribution in [0, 0.1) is 0 Å². The lowest BCUT2D eigenvalue weighted by Gasteiger charge is -2.10. The van der Waals surface area contributed by atoms with E-state index in [0.29, 0.717) is 6.04 Å². The molecule has 94 valence electrons. The van der Waals surface area contributed by atoms with Gasteiger partial charge in [0.25, 0.3) is 0 Å². The Morgan fingerprint density at radius 1 is 1.06 bits per heavy atom. The van der Waals surface area contributed by atoms with E-state index in [4.69, 9.17) is 0 Å². The van der Waals surface area contributed by atoms with Crippen molar-refractivity contribution in [3.05, 3.63) is 65.5 Å². The van der Waals surface area contributed by atoms with Crippen LogP contribution < -0.4 is 5.32 Å². The highest BCUT2D eigenvalue weighted by Crippen LogP contribution is 2.11. The highest BCUT2D eigenvalue weighted by molar-refractivity contribution is 5.27. The van der Waals surface area contributed by atoms with E-state index in [1.807, 2.05) is 25.5 Å². The number of nitrogens with zero attached hydrogens (tertiary/aromatic N) is 1. The normalized spacial score (nSPS) is 12.3. The second kappa shape index (κ2) is 6.31. The number of likely N-dealkylation sites (N-methyl/N-ethyl adjacent to an activating group) is 1. The fraction of sp³-hybridized carbons (Fsp3) is 0.312. The molecule has 0 spiro atoms. The maximum absolute atomic E-state index is 4.14. The smallest absolute Gasteiger partial charge is 0.0303 e. The van der Waals surface area contributed by atoms with Gasteiger partial charge in [0.05, 0.1) is 0 Å². The zero-order valence-corrected chi connectivity index (χ0v) is 11.1. The summed E-state index contributed by atoms with van der Waals surface area (Å²) >= 11 is 0. The average molecular weight is 240 g/mol. The minimum absolute atomic E-state index is 0.522. The Kier molecular flexibility index (Phi) is 4.48. The summed E-state index contributed by atoms with van der Waals surface area (Å²) in [5, 5.41) is 3.26. The fourth-order valence-corrected chi connectivity index (χ4v) is 1.99. The van der Waals surface area contributed by atoms with Crippen molar-refractivity contribution < 1.29 is 0 Å². The van der Waals surface area contributed by atoms with E-state index in [2.05, 4.69) is 47.6 Å². The topological polar surface area (TPSA) is 24.9 Å². The van der Waals surface area contributed by atoms with Crippen LogP contribution in [0.5, 0.6) is 0 Å². The van der Waals surface area contributed by atoms with Gasteiger partial charge in [-0.05, 0) is 49.6 Å². The summed E-state index contributed by atoms with van der Waals surface area (Å²) in [5.74, 6) is 0. The molecule has 1 aromatic heterocycles. The molecule has 2 rings (SSSR count). The van der Waals surface area contributed by atoms with Crippen LogP contribution in [0.15, 0.2) is 48.8 Å². The second-order valence-electron chi connectivity index (χ2n) is 4.75. The highest BCUT2D eigenvalue weighted by atomic mass is 14.8. The summed E-state index contributed by atoms with van der Waals surface area (Å²) in [4.78, 5) is 4.14. The molecule has 0 saturated heterocycles. The molecule has 2 aromatic rings. The van der Waals surface area contributed by atoms with Crippen molar-refractivity contribution in [2.45, 2.75) is 25.8 Å². The van der Waals surface area contributed by atoms with E-state index in [0.717, 1.165) is 12.8 Å². The molecule has 0 bridgehead atoms. The van der Waals surface area contributed by atoms with Crippen LogP contribution in [-0.2, 0) is 12.8 Å². The van der Waals surface area contributed by atoms with Crippen molar-refractivity contribution in [1.29, 1.82) is 0 Å². The molecule has 1 N–H and O–H groups in total. The van der Waals surface area contributed by atoms with Gasteiger partial charge in [-0.1, -0.05) is 30.3 Å².